The van der Waals surface area contributed by atoms with E-state index in [4.69, 9.17) is 15.6 Å². The van der Waals surface area contributed by atoms with E-state index in [1.54, 1.807) is 37.3 Å². The van der Waals surface area contributed by atoms with Crippen molar-refractivity contribution in [2.75, 3.05) is 6.61 Å². The third-order valence-corrected chi connectivity index (χ3v) is 2.02. The molecule has 5 heteroatoms. The van der Waals surface area contributed by atoms with Crippen molar-refractivity contribution in [3.8, 4) is 0 Å². The van der Waals surface area contributed by atoms with E-state index in [2.05, 4.69) is 0 Å². The van der Waals surface area contributed by atoms with Crippen molar-refractivity contribution in [1.82, 2.24) is 0 Å². The van der Waals surface area contributed by atoms with Crippen LogP contribution in [0.1, 0.15) is 12.5 Å². The van der Waals surface area contributed by atoms with E-state index in [9.17, 15) is 9.59 Å². The lowest BCUT2D eigenvalue weighted by molar-refractivity contribution is -0.136. The Morgan fingerprint density at radius 3 is 2.29 bits per heavy atom. The van der Waals surface area contributed by atoms with Gasteiger partial charge in [0, 0.05) is 0 Å². The van der Waals surface area contributed by atoms with Gasteiger partial charge < -0.3 is 15.6 Å². The summed E-state index contributed by atoms with van der Waals surface area (Å²) >= 11 is 0. The first-order chi connectivity index (χ1) is 8.07. The molecule has 0 aliphatic carbocycles. The van der Waals surface area contributed by atoms with Crippen molar-refractivity contribution >= 4 is 17.4 Å². The fraction of sp³-hybridized carbons (Fsp3) is 0.167. The lowest BCUT2D eigenvalue weighted by Gasteiger charge is -2.09. The number of rotatable bonds is 5. The fourth-order valence-electron chi connectivity index (χ4n) is 1.38. The molecule has 0 radical (unpaired) electrons. The summed E-state index contributed by atoms with van der Waals surface area (Å²) in [6.07, 6.45) is 0. The zero-order valence-electron chi connectivity index (χ0n) is 9.34. The van der Waals surface area contributed by atoms with Gasteiger partial charge in [-0.05, 0) is 12.5 Å². The van der Waals surface area contributed by atoms with Gasteiger partial charge in [-0.15, -0.1) is 0 Å². The Kier molecular flexibility index (Phi) is 4.28. The number of hydrogen-bond acceptors (Lipinski definition) is 3. The predicted molar refractivity (Wildman–Crippen MR) is 61.8 cm³/mol. The van der Waals surface area contributed by atoms with E-state index in [0.717, 1.165) is 0 Å². The molecular formula is C12H13NO4. The van der Waals surface area contributed by atoms with Crippen LogP contribution in [-0.4, -0.2) is 23.6 Å². The highest BCUT2D eigenvalue weighted by atomic mass is 16.5. The molecule has 0 fully saturated rings. The standard InChI is InChI=1S/C12H13NO4/c1-2-17-10(12(15)16)9(11(13)14)8-6-4-3-5-7-8/h3-7H,2H2,1H3,(H2,13,14)(H,15,16)/b10-9+. The van der Waals surface area contributed by atoms with Crippen LogP contribution in [0.4, 0.5) is 0 Å². The van der Waals surface area contributed by atoms with E-state index in [1.165, 1.54) is 0 Å². The summed E-state index contributed by atoms with van der Waals surface area (Å²) in [6.45, 7) is 1.78. The number of primary amides is 1. The maximum atomic E-state index is 11.3. The first kappa shape index (κ1) is 12.8. The second-order valence-electron chi connectivity index (χ2n) is 3.17. The Hall–Kier alpha value is -2.30. The molecule has 0 aliphatic rings. The number of hydrogen-bond donors (Lipinski definition) is 2. The van der Waals surface area contributed by atoms with Crippen molar-refractivity contribution < 1.29 is 19.4 Å². The molecule has 1 aromatic carbocycles. The monoisotopic (exact) mass is 235 g/mol. The second kappa shape index (κ2) is 5.69. The van der Waals surface area contributed by atoms with Gasteiger partial charge in [-0.25, -0.2) is 4.79 Å². The minimum Gasteiger partial charge on any atom is -0.486 e. The highest BCUT2D eigenvalue weighted by Gasteiger charge is 2.21. The zero-order chi connectivity index (χ0) is 12.8. The van der Waals surface area contributed by atoms with E-state index in [1.807, 2.05) is 0 Å². The summed E-state index contributed by atoms with van der Waals surface area (Å²) in [4.78, 5) is 22.4. The van der Waals surface area contributed by atoms with Crippen LogP contribution < -0.4 is 5.73 Å². The van der Waals surface area contributed by atoms with Crippen molar-refractivity contribution in [2.45, 2.75) is 6.92 Å². The summed E-state index contributed by atoms with van der Waals surface area (Å²) < 4.78 is 4.96. The molecular weight excluding hydrogens is 222 g/mol. The van der Waals surface area contributed by atoms with E-state index in [-0.39, 0.29) is 12.2 Å². The predicted octanol–water partition coefficient (Wildman–Crippen LogP) is 1.00. The number of carboxylic acid groups (broad SMARTS) is 1. The molecule has 1 amide bonds. The number of amides is 1. The van der Waals surface area contributed by atoms with Gasteiger partial charge in [-0.3, -0.25) is 4.79 Å². The third kappa shape index (κ3) is 3.07. The van der Waals surface area contributed by atoms with Gasteiger partial charge in [0.05, 0.1) is 12.2 Å². The average Bonchev–Trinajstić information content (AvgIpc) is 2.29. The number of benzene rings is 1. The van der Waals surface area contributed by atoms with Crippen molar-refractivity contribution in [2.24, 2.45) is 5.73 Å². The molecule has 0 spiro atoms. The molecule has 0 bridgehead atoms. The van der Waals surface area contributed by atoms with Gasteiger partial charge in [0.2, 0.25) is 5.76 Å². The highest BCUT2D eigenvalue weighted by Crippen LogP contribution is 2.19. The molecule has 0 saturated carbocycles. The van der Waals surface area contributed by atoms with E-state index < -0.39 is 17.6 Å². The number of aliphatic carboxylic acids is 1. The molecule has 0 unspecified atom stereocenters. The maximum absolute atomic E-state index is 11.3. The number of carbonyl (C=O) groups is 2. The molecule has 0 heterocycles. The van der Waals surface area contributed by atoms with Gasteiger partial charge in [0.1, 0.15) is 0 Å². The van der Waals surface area contributed by atoms with Crippen LogP contribution in [0.15, 0.2) is 36.1 Å². The van der Waals surface area contributed by atoms with Crippen molar-refractivity contribution in [3.63, 3.8) is 0 Å². The minimum absolute atomic E-state index is 0.125. The van der Waals surface area contributed by atoms with E-state index >= 15 is 0 Å². The van der Waals surface area contributed by atoms with Gasteiger partial charge in [0.25, 0.3) is 5.91 Å². The highest BCUT2D eigenvalue weighted by molar-refractivity contribution is 6.23. The molecule has 0 aliphatic heterocycles. The SMILES string of the molecule is CCO/C(C(=O)O)=C(/C(N)=O)c1ccccc1. The minimum atomic E-state index is -1.32. The Morgan fingerprint density at radius 2 is 1.88 bits per heavy atom. The van der Waals surface area contributed by atoms with Crippen molar-refractivity contribution in [3.05, 3.63) is 41.7 Å². The quantitative estimate of drug-likeness (QED) is 0.588. The first-order valence-electron chi connectivity index (χ1n) is 5.03. The smallest absolute Gasteiger partial charge is 0.372 e. The van der Waals surface area contributed by atoms with Crippen molar-refractivity contribution in [1.29, 1.82) is 0 Å². The molecule has 1 rings (SSSR count). The van der Waals surface area contributed by atoms with Crippen LogP contribution in [0.25, 0.3) is 5.57 Å². The molecule has 0 saturated heterocycles. The maximum Gasteiger partial charge on any atom is 0.372 e. The number of ether oxygens (including phenoxy) is 1. The van der Waals surface area contributed by atoms with Gasteiger partial charge in [-0.2, -0.15) is 0 Å². The lowest BCUT2D eigenvalue weighted by Crippen LogP contribution is -2.19. The Morgan fingerprint density at radius 1 is 1.29 bits per heavy atom. The average molecular weight is 235 g/mol. The Balaban J connectivity index is 3.37. The van der Waals surface area contributed by atoms with Gasteiger partial charge >= 0.3 is 5.97 Å². The molecule has 5 nitrogen and oxygen atoms in total. The Bertz CT molecular complexity index is 451. The summed E-state index contributed by atoms with van der Waals surface area (Å²) in [5, 5.41) is 8.99. The van der Waals surface area contributed by atoms with Crippen LogP contribution in [-0.2, 0) is 14.3 Å². The van der Waals surface area contributed by atoms with Crippen LogP contribution in [0.3, 0.4) is 0 Å². The summed E-state index contributed by atoms with van der Waals surface area (Å²) in [5.41, 5.74) is 5.49. The third-order valence-electron chi connectivity index (χ3n) is 2.02. The molecule has 1 aromatic rings. The topological polar surface area (TPSA) is 89.6 Å². The van der Waals surface area contributed by atoms with E-state index in [0.29, 0.717) is 5.56 Å². The second-order valence-corrected chi connectivity index (χ2v) is 3.17. The molecule has 90 valence electrons. The van der Waals surface area contributed by atoms with Crippen LogP contribution in [0, 0.1) is 0 Å². The van der Waals surface area contributed by atoms with Crippen LogP contribution in [0.2, 0.25) is 0 Å². The summed E-state index contributed by atoms with van der Waals surface area (Å²) in [5.74, 6) is -2.57. The molecule has 3 N–H and O–H groups in total. The zero-order valence-corrected chi connectivity index (χ0v) is 9.34. The summed E-state index contributed by atoms with van der Waals surface area (Å²) in [7, 11) is 0. The number of nitrogens with two attached hydrogens (primary N) is 1. The largest absolute Gasteiger partial charge is 0.486 e. The normalized spacial score (nSPS) is 11.6. The van der Waals surface area contributed by atoms with Gasteiger partial charge in [0.15, 0.2) is 0 Å². The fourth-order valence-corrected chi connectivity index (χ4v) is 1.38. The first-order valence-corrected chi connectivity index (χ1v) is 5.03. The number of carboxylic acids is 1. The molecule has 0 aromatic heterocycles. The van der Waals surface area contributed by atoms with Crippen LogP contribution in [0.5, 0.6) is 0 Å². The van der Waals surface area contributed by atoms with Gasteiger partial charge in [-0.1, -0.05) is 30.3 Å². The lowest BCUT2D eigenvalue weighted by atomic mass is 10.0. The number of carbonyl (C=O) groups excluding carboxylic acids is 1. The van der Waals surface area contributed by atoms with Crippen LogP contribution >= 0.6 is 0 Å². The molecule has 0 atom stereocenters. The molecule has 17 heavy (non-hydrogen) atoms. The Labute approximate surface area is 98.5 Å². The summed E-state index contributed by atoms with van der Waals surface area (Å²) in [6, 6.07) is 8.32.